The molecule has 1 aromatic carbocycles. The highest BCUT2D eigenvalue weighted by Crippen LogP contribution is 2.28. The van der Waals surface area contributed by atoms with Crippen LogP contribution in [0.3, 0.4) is 0 Å². The number of carbonyl (C=O) groups is 2. The predicted octanol–water partition coefficient (Wildman–Crippen LogP) is 9.09. The van der Waals surface area contributed by atoms with Gasteiger partial charge < -0.3 is 9.47 Å². The zero-order chi connectivity index (χ0) is 24.2. The van der Waals surface area contributed by atoms with Crippen molar-refractivity contribution in [2.75, 3.05) is 6.61 Å². The maximum atomic E-state index is 11.9. The SMILES string of the molecule is CCCCCCCCCCCOC(=O)CCCCCCCCC(=O)Oc1cc(Cl)ccc1Cl. The van der Waals surface area contributed by atoms with Gasteiger partial charge >= 0.3 is 11.9 Å². The van der Waals surface area contributed by atoms with E-state index in [9.17, 15) is 9.59 Å². The molecule has 0 fully saturated rings. The van der Waals surface area contributed by atoms with Crippen molar-refractivity contribution in [3.63, 3.8) is 0 Å². The van der Waals surface area contributed by atoms with E-state index in [-0.39, 0.29) is 11.9 Å². The largest absolute Gasteiger partial charge is 0.466 e. The van der Waals surface area contributed by atoms with Gasteiger partial charge in [0.2, 0.25) is 0 Å². The average molecular weight is 502 g/mol. The number of halogens is 2. The van der Waals surface area contributed by atoms with Crippen LogP contribution < -0.4 is 4.74 Å². The monoisotopic (exact) mass is 500 g/mol. The summed E-state index contributed by atoms with van der Waals surface area (Å²) in [6.07, 6.45) is 18.0. The van der Waals surface area contributed by atoms with Crippen molar-refractivity contribution in [2.45, 2.75) is 116 Å². The predicted molar refractivity (Wildman–Crippen MR) is 137 cm³/mol. The van der Waals surface area contributed by atoms with E-state index in [0.717, 1.165) is 51.4 Å². The van der Waals surface area contributed by atoms with Gasteiger partial charge in [-0.1, -0.05) is 107 Å². The van der Waals surface area contributed by atoms with Crippen molar-refractivity contribution in [3.8, 4) is 5.75 Å². The quantitative estimate of drug-likeness (QED) is 0.102. The molecule has 1 aromatic rings. The maximum Gasteiger partial charge on any atom is 0.311 e. The molecule has 0 N–H and O–H groups in total. The Balaban J connectivity index is 1.87. The van der Waals surface area contributed by atoms with E-state index in [0.29, 0.717) is 35.2 Å². The van der Waals surface area contributed by atoms with Gasteiger partial charge in [0.05, 0.1) is 11.6 Å². The van der Waals surface area contributed by atoms with Gasteiger partial charge in [-0.2, -0.15) is 0 Å². The molecule has 1 rings (SSSR count). The number of esters is 2. The smallest absolute Gasteiger partial charge is 0.311 e. The molecule has 0 aliphatic heterocycles. The summed E-state index contributed by atoms with van der Waals surface area (Å²) in [4.78, 5) is 23.7. The van der Waals surface area contributed by atoms with E-state index in [4.69, 9.17) is 32.7 Å². The second-order valence-electron chi connectivity index (χ2n) is 8.72. The van der Waals surface area contributed by atoms with Gasteiger partial charge in [0, 0.05) is 23.9 Å². The third-order valence-corrected chi connectivity index (χ3v) is 6.19. The Kier molecular flexibility index (Phi) is 18.2. The highest BCUT2D eigenvalue weighted by atomic mass is 35.5. The van der Waals surface area contributed by atoms with Crippen LogP contribution >= 0.6 is 23.2 Å². The van der Waals surface area contributed by atoms with E-state index in [2.05, 4.69) is 6.92 Å². The van der Waals surface area contributed by atoms with Crippen molar-refractivity contribution in [3.05, 3.63) is 28.2 Å². The molecule has 0 aliphatic rings. The van der Waals surface area contributed by atoms with Gasteiger partial charge in [-0.05, 0) is 31.4 Å². The Morgan fingerprint density at radius 3 is 1.82 bits per heavy atom. The van der Waals surface area contributed by atoms with E-state index >= 15 is 0 Å². The van der Waals surface area contributed by atoms with Crippen LogP contribution in [-0.4, -0.2) is 18.5 Å². The number of hydrogen-bond donors (Lipinski definition) is 0. The van der Waals surface area contributed by atoms with Gasteiger partial charge in [0.1, 0.15) is 0 Å². The van der Waals surface area contributed by atoms with Gasteiger partial charge in [-0.15, -0.1) is 0 Å². The summed E-state index contributed by atoms with van der Waals surface area (Å²) in [5.41, 5.74) is 0. The summed E-state index contributed by atoms with van der Waals surface area (Å²) >= 11 is 11.9. The molecule has 4 nitrogen and oxygen atoms in total. The summed E-state index contributed by atoms with van der Waals surface area (Å²) in [7, 11) is 0. The van der Waals surface area contributed by atoms with Crippen molar-refractivity contribution >= 4 is 35.1 Å². The van der Waals surface area contributed by atoms with Gasteiger partial charge in [-0.25, -0.2) is 0 Å². The molecule has 0 bridgehead atoms. The number of rotatable bonds is 20. The van der Waals surface area contributed by atoms with Crippen LogP contribution in [0.15, 0.2) is 18.2 Å². The van der Waals surface area contributed by atoms with Crippen molar-refractivity contribution in [1.82, 2.24) is 0 Å². The van der Waals surface area contributed by atoms with Crippen LogP contribution in [0, 0.1) is 0 Å². The zero-order valence-electron chi connectivity index (χ0n) is 20.3. The molecular formula is C27H42Cl2O4. The van der Waals surface area contributed by atoms with E-state index in [1.807, 2.05) is 0 Å². The summed E-state index contributed by atoms with van der Waals surface area (Å²) in [6, 6.07) is 4.81. The maximum absolute atomic E-state index is 11.9. The van der Waals surface area contributed by atoms with Crippen molar-refractivity contribution in [1.29, 1.82) is 0 Å². The lowest BCUT2D eigenvalue weighted by Crippen LogP contribution is -2.07. The molecule has 33 heavy (non-hydrogen) atoms. The molecule has 0 saturated carbocycles. The van der Waals surface area contributed by atoms with E-state index < -0.39 is 0 Å². The third kappa shape index (κ3) is 16.9. The second-order valence-corrected chi connectivity index (χ2v) is 9.56. The number of unbranched alkanes of at least 4 members (excludes halogenated alkanes) is 13. The average Bonchev–Trinajstić information content (AvgIpc) is 2.79. The highest BCUT2D eigenvalue weighted by molar-refractivity contribution is 6.34. The summed E-state index contributed by atoms with van der Waals surface area (Å²) in [5, 5.41) is 0.856. The van der Waals surface area contributed by atoms with Gasteiger partial charge in [-0.3, -0.25) is 9.59 Å². The molecule has 0 unspecified atom stereocenters. The van der Waals surface area contributed by atoms with E-state index in [1.54, 1.807) is 18.2 Å². The first-order valence-electron chi connectivity index (χ1n) is 12.8. The van der Waals surface area contributed by atoms with Crippen LogP contribution in [0.25, 0.3) is 0 Å². The Hall–Kier alpha value is -1.26. The molecule has 0 heterocycles. The molecule has 0 radical (unpaired) electrons. The van der Waals surface area contributed by atoms with Crippen LogP contribution in [0.1, 0.15) is 116 Å². The number of carbonyl (C=O) groups excluding carboxylic acids is 2. The fraction of sp³-hybridized carbons (Fsp3) is 0.704. The lowest BCUT2D eigenvalue weighted by molar-refractivity contribution is -0.144. The molecule has 188 valence electrons. The molecule has 6 heteroatoms. The van der Waals surface area contributed by atoms with Gasteiger partial charge in [0.15, 0.2) is 5.75 Å². The first kappa shape index (κ1) is 29.8. The molecule has 0 saturated heterocycles. The summed E-state index contributed by atoms with van der Waals surface area (Å²) in [5.74, 6) is -0.0651. The molecule has 0 aromatic heterocycles. The minimum atomic E-state index is -0.297. The topological polar surface area (TPSA) is 52.6 Å². The third-order valence-electron chi connectivity index (χ3n) is 5.64. The first-order chi connectivity index (χ1) is 16.0. The number of hydrogen-bond acceptors (Lipinski definition) is 4. The second kappa shape index (κ2) is 20.1. The van der Waals surface area contributed by atoms with E-state index in [1.165, 1.54) is 44.9 Å². The van der Waals surface area contributed by atoms with Crippen molar-refractivity contribution in [2.24, 2.45) is 0 Å². The molecule has 0 spiro atoms. The van der Waals surface area contributed by atoms with Crippen LogP contribution in [-0.2, 0) is 14.3 Å². The molecular weight excluding hydrogens is 459 g/mol. The van der Waals surface area contributed by atoms with Crippen LogP contribution in [0.2, 0.25) is 10.0 Å². The number of benzene rings is 1. The van der Waals surface area contributed by atoms with Gasteiger partial charge in [0.25, 0.3) is 0 Å². The van der Waals surface area contributed by atoms with Crippen molar-refractivity contribution < 1.29 is 19.1 Å². The normalized spacial score (nSPS) is 10.9. The summed E-state index contributed by atoms with van der Waals surface area (Å²) in [6.45, 7) is 2.80. The lowest BCUT2D eigenvalue weighted by Gasteiger charge is -2.07. The highest BCUT2D eigenvalue weighted by Gasteiger charge is 2.09. The van der Waals surface area contributed by atoms with Crippen LogP contribution in [0.4, 0.5) is 0 Å². The lowest BCUT2D eigenvalue weighted by atomic mass is 10.1. The minimum Gasteiger partial charge on any atom is -0.466 e. The Bertz CT molecular complexity index is 664. The van der Waals surface area contributed by atoms with Crippen LogP contribution in [0.5, 0.6) is 5.75 Å². The summed E-state index contributed by atoms with van der Waals surface area (Å²) < 4.78 is 10.6. The fourth-order valence-electron chi connectivity index (χ4n) is 3.65. The number of ether oxygens (including phenoxy) is 2. The Labute approximate surface area is 210 Å². The molecule has 0 aliphatic carbocycles. The Morgan fingerprint density at radius 1 is 0.697 bits per heavy atom. The fourth-order valence-corrected chi connectivity index (χ4v) is 3.96. The standard InChI is InChI=1S/C27H42Cl2O4/c1-2-3-4-5-6-7-10-13-16-21-32-26(30)17-14-11-8-9-12-15-18-27(31)33-25-22-23(28)19-20-24(25)29/h19-20,22H,2-18,21H2,1H3. The minimum absolute atomic E-state index is 0.0722. The molecule has 0 amide bonds. The first-order valence-corrected chi connectivity index (χ1v) is 13.6. The molecule has 0 atom stereocenters. The zero-order valence-corrected chi connectivity index (χ0v) is 21.9. The Morgan fingerprint density at radius 2 is 1.21 bits per heavy atom.